The number of ether oxygens (including phenoxy) is 1. The minimum Gasteiger partial charge on any atom is -0.493 e. The van der Waals surface area contributed by atoms with E-state index in [9.17, 15) is 0 Å². The van der Waals surface area contributed by atoms with Gasteiger partial charge in [-0.2, -0.15) is 0 Å². The molecule has 2 aromatic rings. The quantitative estimate of drug-likeness (QED) is 0.662. The van der Waals surface area contributed by atoms with Crippen LogP contribution in [0.2, 0.25) is 0 Å². The number of para-hydroxylation sites is 1. The van der Waals surface area contributed by atoms with E-state index < -0.39 is 0 Å². The largest absolute Gasteiger partial charge is 0.493 e. The Bertz CT molecular complexity index is 640. The highest BCUT2D eigenvalue weighted by atomic mass is 16.5. The Balaban J connectivity index is 2.09. The first-order valence-corrected chi connectivity index (χ1v) is 6.85. The molecule has 0 saturated heterocycles. The van der Waals surface area contributed by atoms with Crippen molar-refractivity contribution in [3.8, 4) is 5.75 Å². The van der Waals surface area contributed by atoms with Crippen molar-refractivity contribution in [1.29, 1.82) is 0 Å². The van der Waals surface area contributed by atoms with E-state index in [2.05, 4.69) is 34.7 Å². The lowest BCUT2D eigenvalue weighted by molar-refractivity contribution is 0.350. The summed E-state index contributed by atoms with van der Waals surface area (Å²) in [5.41, 5.74) is 8.32. The van der Waals surface area contributed by atoms with Crippen LogP contribution in [-0.4, -0.2) is 11.6 Å². The monoisotopic (exact) mass is 269 g/mol. The van der Waals surface area contributed by atoms with E-state index in [1.807, 2.05) is 19.9 Å². The molecule has 1 aromatic carbocycles. The van der Waals surface area contributed by atoms with E-state index in [-0.39, 0.29) is 6.04 Å². The van der Waals surface area contributed by atoms with Gasteiger partial charge < -0.3 is 4.74 Å². The standard InChI is InChI=1S/C16H19N3O/c1-10-6-7-13(11(2)18-10)15(19-17)14-5-3-4-12-8-9-20-16(12)14/h3-7,15,19H,8-9,17H2,1-2H3. The maximum atomic E-state index is 5.80. The lowest BCUT2D eigenvalue weighted by Gasteiger charge is -2.21. The molecule has 2 heterocycles. The zero-order chi connectivity index (χ0) is 14.1. The van der Waals surface area contributed by atoms with Gasteiger partial charge in [0.25, 0.3) is 0 Å². The van der Waals surface area contributed by atoms with Crippen LogP contribution in [0.1, 0.15) is 34.1 Å². The first-order chi connectivity index (χ1) is 9.70. The van der Waals surface area contributed by atoms with E-state index in [1.54, 1.807) is 0 Å². The number of pyridine rings is 1. The molecule has 1 unspecified atom stereocenters. The van der Waals surface area contributed by atoms with Crippen LogP contribution in [-0.2, 0) is 6.42 Å². The fraction of sp³-hybridized carbons (Fsp3) is 0.312. The lowest BCUT2D eigenvalue weighted by Crippen LogP contribution is -2.30. The van der Waals surface area contributed by atoms with Crippen molar-refractivity contribution in [3.63, 3.8) is 0 Å². The first-order valence-electron chi connectivity index (χ1n) is 6.85. The summed E-state index contributed by atoms with van der Waals surface area (Å²) in [7, 11) is 0. The fourth-order valence-corrected chi connectivity index (χ4v) is 2.82. The zero-order valence-electron chi connectivity index (χ0n) is 11.8. The summed E-state index contributed by atoms with van der Waals surface area (Å²) in [5.74, 6) is 6.77. The SMILES string of the molecule is Cc1ccc(C(NN)c2cccc3c2OCC3)c(C)n1. The van der Waals surface area contributed by atoms with Gasteiger partial charge in [0.1, 0.15) is 5.75 Å². The average molecular weight is 269 g/mol. The van der Waals surface area contributed by atoms with E-state index >= 15 is 0 Å². The molecule has 0 aliphatic carbocycles. The highest BCUT2D eigenvalue weighted by Gasteiger charge is 2.23. The Hall–Kier alpha value is -1.91. The molecule has 20 heavy (non-hydrogen) atoms. The first kappa shape index (κ1) is 13.1. The molecule has 0 fully saturated rings. The summed E-state index contributed by atoms with van der Waals surface area (Å²) in [6.45, 7) is 4.75. The van der Waals surface area contributed by atoms with E-state index in [4.69, 9.17) is 10.6 Å². The van der Waals surface area contributed by atoms with Crippen LogP contribution < -0.4 is 16.0 Å². The summed E-state index contributed by atoms with van der Waals surface area (Å²) in [5, 5.41) is 0. The molecular formula is C16H19N3O. The van der Waals surface area contributed by atoms with Crippen molar-refractivity contribution in [2.45, 2.75) is 26.3 Å². The van der Waals surface area contributed by atoms with Crippen LogP contribution in [0.3, 0.4) is 0 Å². The number of hydrazine groups is 1. The van der Waals surface area contributed by atoms with Gasteiger partial charge in [0.15, 0.2) is 0 Å². The number of benzene rings is 1. The van der Waals surface area contributed by atoms with Crippen LogP contribution >= 0.6 is 0 Å². The van der Waals surface area contributed by atoms with Gasteiger partial charge in [-0.1, -0.05) is 24.3 Å². The molecule has 3 N–H and O–H groups in total. The van der Waals surface area contributed by atoms with Crippen molar-refractivity contribution in [2.24, 2.45) is 5.84 Å². The molecule has 0 amide bonds. The molecule has 0 bridgehead atoms. The molecule has 1 aromatic heterocycles. The van der Waals surface area contributed by atoms with Gasteiger partial charge in [-0.05, 0) is 31.0 Å². The third kappa shape index (κ3) is 2.17. The highest BCUT2D eigenvalue weighted by molar-refractivity contribution is 5.49. The van der Waals surface area contributed by atoms with Crippen LogP contribution in [0.15, 0.2) is 30.3 Å². The smallest absolute Gasteiger partial charge is 0.127 e. The summed E-state index contributed by atoms with van der Waals surface area (Å²) in [6.07, 6.45) is 0.964. The van der Waals surface area contributed by atoms with Gasteiger partial charge in [0.2, 0.25) is 0 Å². The molecule has 1 aliphatic rings. The molecule has 1 aliphatic heterocycles. The van der Waals surface area contributed by atoms with Crippen LogP contribution in [0.5, 0.6) is 5.75 Å². The predicted octanol–water partition coefficient (Wildman–Crippen LogP) is 2.19. The van der Waals surface area contributed by atoms with Crippen molar-refractivity contribution in [2.75, 3.05) is 6.61 Å². The molecule has 1 atom stereocenters. The fourth-order valence-electron chi connectivity index (χ4n) is 2.82. The second-order valence-corrected chi connectivity index (χ2v) is 5.16. The molecular weight excluding hydrogens is 250 g/mol. The minimum atomic E-state index is -0.101. The van der Waals surface area contributed by atoms with Gasteiger partial charge in [0, 0.05) is 23.4 Å². The molecule has 4 nitrogen and oxygen atoms in total. The van der Waals surface area contributed by atoms with Gasteiger partial charge in [0.05, 0.1) is 12.6 Å². The number of hydrogen-bond donors (Lipinski definition) is 2. The van der Waals surface area contributed by atoms with Crippen molar-refractivity contribution in [1.82, 2.24) is 10.4 Å². The summed E-state index contributed by atoms with van der Waals surface area (Å²) < 4.78 is 5.78. The van der Waals surface area contributed by atoms with Crippen LogP contribution in [0, 0.1) is 13.8 Å². The number of fused-ring (bicyclic) bond motifs is 1. The topological polar surface area (TPSA) is 60.2 Å². The number of aryl methyl sites for hydroxylation is 2. The van der Waals surface area contributed by atoms with E-state index in [0.717, 1.165) is 41.3 Å². The van der Waals surface area contributed by atoms with Gasteiger partial charge in [-0.25, -0.2) is 5.43 Å². The molecule has 0 saturated carbocycles. The zero-order valence-corrected chi connectivity index (χ0v) is 11.8. The number of aromatic nitrogens is 1. The van der Waals surface area contributed by atoms with Crippen molar-refractivity contribution >= 4 is 0 Å². The van der Waals surface area contributed by atoms with E-state index in [0.29, 0.717) is 0 Å². The van der Waals surface area contributed by atoms with Crippen LogP contribution in [0.4, 0.5) is 0 Å². The summed E-state index contributed by atoms with van der Waals surface area (Å²) >= 11 is 0. The van der Waals surface area contributed by atoms with E-state index in [1.165, 1.54) is 5.56 Å². The third-order valence-corrected chi connectivity index (χ3v) is 3.80. The number of nitrogens with zero attached hydrogens (tertiary/aromatic N) is 1. The number of nitrogens with two attached hydrogens (primary N) is 1. The molecule has 3 rings (SSSR count). The van der Waals surface area contributed by atoms with Gasteiger partial charge in [-0.3, -0.25) is 10.8 Å². The number of hydrogen-bond acceptors (Lipinski definition) is 4. The second-order valence-electron chi connectivity index (χ2n) is 5.16. The molecule has 0 spiro atoms. The lowest BCUT2D eigenvalue weighted by atomic mass is 9.95. The summed E-state index contributed by atoms with van der Waals surface area (Å²) in [4.78, 5) is 4.53. The Morgan fingerprint density at radius 1 is 1.20 bits per heavy atom. The molecule has 0 radical (unpaired) electrons. The Kier molecular flexibility index (Phi) is 3.42. The second kappa shape index (κ2) is 5.23. The Labute approximate surface area is 119 Å². The molecule has 104 valence electrons. The maximum Gasteiger partial charge on any atom is 0.127 e. The maximum absolute atomic E-state index is 5.80. The average Bonchev–Trinajstić information content (AvgIpc) is 2.91. The van der Waals surface area contributed by atoms with Gasteiger partial charge in [-0.15, -0.1) is 0 Å². The van der Waals surface area contributed by atoms with Crippen LogP contribution in [0.25, 0.3) is 0 Å². The van der Waals surface area contributed by atoms with Gasteiger partial charge >= 0.3 is 0 Å². The highest BCUT2D eigenvalue weighted by Crippen LogP contribution is 2.36. The Morgan fingerprint density at radius 2 is 2.05 bits per heavy atom. The molecule has 4 heteroatoms. The number of nitrogens with one attached hydrogen (secondary N) is 1. The predicted molar refractivity (Wildman–Crippen MR) is 78.5 cm³/mol. The van der Waals surface area contributed by atoms with Crippen molar-refractivity contribution in [3.05, 3.63) is 58.4 Å². The third-order valence-electron chi connectivity index (χ3n) is 3.80. The van der Waals surface area contributed by atoms with Crippen molar-refractivity contribution < 1.29 is 4.74 Å². The normalized spacial score (nSPS) is 14.8. The minimum absolute atomic E-state index is 0.101. The summed E-state index contributed by atoms with van der Waals surface area (Å²) in [6, 6.07) is 10.2. The Morgan fingerprint density at radius 3 is 2.80 bits per heavy atom. The number of rotatable bonds is 3.